The molecule has 1 amide bonds. The van der Waals surface area contributed by atoms with Crippen LogP contribution in [0.25, 0.3) is 0 Å². The summed E-state index contributed by atoms with van der Waals surface area (Å²) in [6, 6.07) is 19.0. The van der Waals surface area contributed by atoms with Crippen molar-refractivity contribution in [3.63, 3.8) is 0 Å². The summed E-state index contributed by atoms with van der Waals surface area (Å²) in [6.45, 7) is 2.49. The summed E-state index contributed by atoms with van der Waals surface area (Å²) < 4.78 is 0. The van der Waals surface area contributed by atoms with E-state index in [9.17, 15) is 4.79 Å². The molecule has 0 aliphatic heterocycles. The van der Waals surface area contributed by atoms with Crippen LogP contribution in [0, 0.1) is 6.92 Å². The maximum absolute atomic E-state index is 13.0. The zero-order chi connectivity index (χ0) is 16.9. The third-order valence-electron chi connectivity index (χ3n) is 3.75. The lowest BCUT2D eigenvalue weighted by Gasteiger charge is -2.23. The molecule has 1 heterocycles. The van der Waals surface area contributed by atoms with E-state index in [0.717, 1.165) is 16.8 Å². The molecule has 0 bridgehead atoms. The van der Waals surface area contributed by atoms with Crippen LogP contribution in [0.5, 0.6) is 0 Å². The number of amides is 1. The van der Waals surface area contributed by atoms with Gasteiger partial charge in [0.05, 0.1) is 12.1 Å². The standard InChI is InChI=1S/C20H17ClN2O/c1-15-4-10-19(11-5-15)23(14-16-6-8-18(21)9-7-16)20(24)17-3-2-12-22-13-17/h2-13H,14H2,1H3. The van der Waals surface area contributed by atoms with Crippen molar-refractivity contribution in [3.05, 3.63) is 94.8 Å². The van der Waals surface area contributed by atoms with Gasteiger partial charge in [-0.2, -0.15) is 0 Å². The van der Waals surface area contributed by atoms with Crippen molar-refractivity contribution in [2.75, 3.05) is 4.90 Å². The van der Waals surface area contributed by atoms with E-state index < -0.39 is 0 Å². The Bertz CT molecular complexity index is 815. The van der Waals surface area contributed by atoms with Gasteiger partial charge in [0.1, 0.15) is 0 Å². The largest absolute Gasteiger partial charge is 0.304 e. The van der Waals surface area contributed by atoms with E-state index in [1.54, 1.807) is 29.4 Å². The average Bonchev–Trinajstić information content (AvgIpc) is 2.62. The number of halogens is 1. The molecule has 0 unspecified atom stereocenters. The van der Waals surface area contributed by atoms with E-state index in [1.807, 2.05) is 55.5 Å². The second-order valence-corrected chi connectivity index (χ2v) is 6.03. The fourth-order valence-corrected chi connectivity index (χ4v) is 2.55. The van der Waals surface area contributed by atoms with Crippen molar-refractivity contribution < 1.29 is 4.79 Å². The lowest BCUT2D eigenvalue weighted by atomic mass is 10.1. The van der Waals surface area contributed by atoms with Crippen LogP contribution in [-0.2, 0) is 6.54 Å². The monoisotopic (exact) mass is 336 g/mol. The van der Waals surface area contributed by atoms with Gasteiger partial charge in [0.25, 0.3) is 5.91 Å². The maximum Gasteiger partial charge on any atom is 0.260 e. The molecule has 120 valence electrons. The number of benzene rings is 2. The molecule has 0 N–H and O–H groups in total. The van der Waals surface area contributed by atoms with Crippen molar-refractivity contribution in [1.82, 2.24) is 4.98 Å². The first-order valence-electron chi connectivity index (χ1n) is 7.66. The highest BCUT2D eigenvalue weighted by atomic mass is 35.5. The average molecular weight is 337 g/mol. The van der Waals surface area contributed by atoms with Gasteiger partial charge in [0, 0.05) is 23.1 Å². The summed E-state index contributed by atoms with van der Waals surface area (Å²) in [6.07, 6.45) is 3.25. The third-order valence-corrected chi connectivity index (χ3v) is 4.01. The van der Waals surface area contributed by atoms with Gasteiger partial charge in [-0.15, -0.1) is 0 Å². The summed E-state index contributed by atoms with van der Waals surface area (Å²) in [4.78, 5) is 18.8. The number of carbonyl (C=O) groups excluding carboxylic acids is 1. The first-order valence-corrected chi connectivity index (χ1v) is 8.04. The molecule has 0 radical (unpaired) electrons. The Hall–Kier alpha value is -2.65. The molecule has 0 saturated carbocycles. The lowest BCUT2D eigenvalue weighted by Crippen LogP contribution is -2.30. The van der Waals surface area contributed by atoms with Gasteiger partial charge in [-0.3, -0.25) is 9.78 Å². The van der Waals surface area contributed by atoms with Gasteiger partial charge in [-0.1, -0.05) is 41.4 Å². The van der Waals surface area contributed by atoms with Gasteiger partial charge < -0.3 is 4.90 Å². The summed E-state index contributed by atoms with van der Waals surface area (Å²) in [5, 5.41) is 0.680. The van der Waals surface area contributed by atoms with Gasteiger partial charge >= 0.3 is 0 Å². The number of rotatable bonds is 4. The van der Waals surface area contributed by atoms with Crippen LogP contribution >= 0.6 is 11.6 Å². The molecule has 24 heavy (non-hydrogen) atoms. The van der Waals surface area contributed by atoms with Crippen molar-refractivity contribution >= 4 is 23.2 Å². The van der Waals surface area contributed by atoms with Crippen molar-refractivity contribution in [2.45, 2.75) is 13.5 Å². The van der Waals surface area contributed by atoms with Crippen LogP contribution in [0.15, 0.2) is 73.1 Å². The predicted molar refractivity (Wildman–Crippen MR) is 97.4 cm³/mol. The van der Waals surface area contributed by atoms with E-state index in [-0.39, 0.29) is 5.91 Å². The molecule has 4 heteroatoms. The number of nitrogens with zero attached hydrogens (tertiary/aromatic N) is 2. The first-order chi connectivity index (χ1) is 11.6. The quantitative estimate of drug-likeness (QED) is 0.679. The van der Waals surface area contributed by atoms with E-state index >= 15 is 0 Å². The molecule has 2 aromatic carbocycles. The SMILES string of the molecule is Cc1ccc(N(Cc2ccc(Cl)cc2)C(=O)c2cccnc2)cc1. The first kappa shape index (κ1) is 16.2. The van der Waals surface area contributed by atoms with Gasteiger partial charge in [0.15, 0.2) is 0 Å². The number of aryl methyl sites for hydroxylation is 1. The van der Waals surface area contributed by atoms with E-state index in [2.05, 4.69) is 4.98 Å². The number of pyridine rings is 1. The van der Waals surface area contributed by atoms with E-state index in [0.29, 0.717) is 17.1 Å². The Morgan fingerprint density at radius 1 is 1.04 bits per heavy atom. The minimum atomic E-state index is -0.0816. The molecule has 3 rings (SSSR count). The van der Waals surface area contributed by atoms with Crippen LogP contribution < -0.4 is 4.90 Å². The molecular formula is C20H17ClN2O. The summed E-state index contributed by atoms with van der Waals surface area (Å²) in [5.41, 5.74) is 3.58. The molecule has 0 aliphatic carbocycles. The number of carbonyl (C=O) groups is 1. The van der Waals surface area contributed by atoms with E-state index in [4.69, 9.17) is 11.6 Å². The van der Waals surface area contributed by atoms with Gasteiger partial charge in [0.2, 0.25) is 0 Å². The molecule has 1 aromatic heterocycles. The summed E-state index contributed by atoms with van der Waals surface area (Å²) in [7, 11) is 0. The Kier molecular flexibility index (Phi) is 4.92. The number of anilines is 1. The Labute approximate surface area is 146 Å². The second kappa shape index (κ2) is 7.28. The molecule has 3 aromatic rings. The number of hydrogen-bond acceptors (Lipinski definition) is 2. The highest BCUT2D eigenvalue weighted by molar-refractivity contribution is 6.30. The number of aromatic nitrogens is 1. The smallest absolute Gasteiger partial charge is 0.260 e. The summed E-state index contributed by atoms with van der Waals surface area (Å²) in [5.74, 6) is -0.0816. The maximum atomic E-state index is 13.0. The molecule has 0 saturated heterocycles. The van der Waals surface area contributed by atoms with Crippen molar-refractivity contribution in [1.29, 1.82) is 0 Å². The minimum absolute atomic E-state index is 0.0816. The fourth-order valence-electron chi connectivity index (χ4n) is 2.42. The highest BCUT2D eigenvalue weighted by Gasteiger charge is 2.18. The third kappa shape index (κ3) is 3.81. The topological polar surface area (TPSA) is 33.2 Å². The molecular weight excluding hydrogens is 320 g/mol. The fraction of sp³-hybridized carbons (Fsp3) is 0.100. The van der Waals surface area contributed by atoms with Crippen LogP contribution in [0.4, 0.5) is 5.69 Å². The molecule has 0 atom stereocenters. The Morgan fingerprint density at radius 3 is 2.38 bits per heavy atom. The zero-order valence-corrected chi connectivity index (χ0v) is 14.1. The predicted octanol–water partition coefficient (Wildman–Crippen LogP) is 4.89. The zero-order valence-electron chi connectivity index (χ0n) is 13.3. The van der Waals surface area contributed by atoms with Gasteiger partial charge in [-0.25, -0.2) is 0 Å². The lowest BCUT2D eigenvalue weighted by molar-refractivity contribution is 0.0985. The second-order valence-electron chi connectivity index (χ2n) is 5.60. The Balaban J connectivity index is 1.95. The van der Waals surface area contributed by atoms with Crippen LogP contribution in [0.3, 0.4) is 0 Å². The number of hydrogen-bond donors (Lipinski definition) is 0. The van der Waals surface area contributed by atoms with Crippen LogP contribution in [-0.4, -0.2) is 10.9 Å². The minimum Gasteiger partial charge on any atom is -0.304 e. The molecule has 0 aliphatic rings. The molecule has 3 nitrogen and oxygen atoms in total. The van der Waals surface area contributed by atoms with Crippen LogP contribution in [0.2, 0.25) is 5.02 Å². The van der Waals surface area contributed by atoms with E-state index in [1.165, 1.54) is 0 Å². The van der Waals surface area contributed by atoms with Crippen molar-refractivity contribution in [3.8, 4) is 0 Å². The molecule has 0 fully saturated rings. The normalized spacial score (nSPS) is 10.4. The molecule has 0 spiro atoms. The van der Waals surface area contributed by atoms with Crippen LogP contribution in [0.1, 0.15) is 21.5 Å². The Morgan fingerprint density at radius 2 is 1.75 bits per heavy atom. The van der Waals surface area contributed by atoms with Gasteiger partial charge in [-0.05, 0) is 48.9 Å². The summed E-state index contributed by atoms with van der Waals surface area (Å²) >= 11 is 5.95. The van der Waals surface area contributed by atoms with Crippen molar-refractivity contribution in [2.24, 2.45) is 0 Å². The highest BCUT2D eigenvalue weighted by Crippen LogP contribution is 2.21.